The van der Waals surface area contributed by atoms with Gasteiger partial charge in [-0.1, -0.05) is 57.3 Å². The number of hydrogen-bond donors (Lipinski definition) is 0. The van der Waals surface area contributed by atoms with Crippen LogP contribution < -0.4 is 0 Å². The summed E-state index contributed by atoms with van der Waals surface area (Å²) in [6.07, 6.45) is 2.67. The highest BCUT2D eigenvalue weighted by molar-refractivity contribution is 6.88. The van der Waals surface area contributed by atoms with Crippen molar-refractivity contribution < 1.29 is 4.58 Å². The first-order valence-electron chi connectivity index (χ1n) is 7.65. The molecule has 1 aromatic rings. The molecule has 0 spiro atoms. The van der Waals surface area contributed by atoms with Crippen LogP contribution in [0.25, 0.3) is 0 Å². The molecule has 0 radical (unpaired) electrons. The van der Waals surface area contributed by atoms with Crippen molar-refractivity contribution in [2.24, 2.45) is 11.8 Å². The Bertz CT molecular complexity index is 448. The largest absolute Gasteiger partial charge is 0.238 e. The highest BCUT2D eigenvalue weighted by Crippen LogP contribution is 2.35. The average Bonchev–Trinajstić information content (AvgIpc) is 2.66. The van der Waals surface area contributed by atoms with Gasteiger partial charge in [0.25, 0.3) is 0 Å². The zero-order valence-corrected chi connectivity index (χ0v) is 14.2. The van der Waals surface area contributed by atoms with Crippen molar-refractivity contribution in [3.8, 4) is 0 Å². The third kappa shape index (κ3) is 3.17. The van der Waals surface area contributed by atoms with Crippen LogP contribution in [0.2, 0.25) is 13.1 Å². The van der Waals surface area contributed by atoms with Gasteiger partial charge in [0.15, 0.2) is 6.04 Å². The van der Waals surface area contributed by atoms with Gasteiger partial charge in [-0.15, -0.1) is 0 Å². The Hall–Kier alpha value is -0.893. The fourth-order valence-electron chi connectivity index (χ4n) is 3.72. The van der Waals surface area contributed by atoms with Crippen molar-refractivity contribution >= 4 is 14.1 Å². The third-order valence-electron chi connectivity index (χ3n) is 4.33. The van der Waals surface area contributed by atoms with Crippen molar-refractivity contribution in [2.75, 3.05) is 7.05 Å². The molecule has 0 bridgehead atoms. The zero-order chi connectivity index (χ0) is 14.0. The predicted octanol–water partition coefficient (Wildman–Crippen LogP) is 3.90. The molecule has 0 fully saturated rings. The summed E-state index contributed by atoms with van der Waals surface area (Å²) < 4.78 is 2.61. The van der Waals surface area contributed by atoms with Crippen LogP contribution >= 0.6 is 0 Å². The maximum atomic E-state index is 2.61. The van der Waals surface area contributed by atoms with E-state index in [1.54, 1.807) is 5.33 Å². The lowest BCUT2D eigenvalue weighted by molar-refractivity contribution is -0.534. The average molecular weight is 275 g/mol. The summed E-state index contributed by atoms with van der Waals surface area (Å²) in [7, 11) is 1.60. The van der Waals surface area contributed by atoms with Crippen LogP contribution in [-0.2, 0) is 0 Å². The Morgan fingerprint density at radius 2 is 1.84 bits per heavy atom. The van der Waals surface area contributed by atoms with E-state index >= 15 is 0 Å². The van der Waals surface area contributed by atoms with Crippen LogP contribution in [0.4, 0.5) is 0 Å². The van der Waals surface area contributed by atoms with Gasteiger partial charge in [0, 0.05) is 17.9 Å². The van der Waals surface area contributed by atoms with E-state index in [-0.39, 0.29) is 0 Å². The maximum Gasteiger partial charge on any atom is 0.177 e. The van der Waals surface area contributed by atoms with Gasteiger partial charge in [0.2, 0.25) is 0 Å². The van der Waals surface area contributed by atoms with E-state index in [0.29, 0.717) is 6.04 Å². The van der Waals surface area contributed by atoms with Crippen molar-refractivity contribution in [1.29, 1.82) is 0 Å². The molecule has 1 nitrogen and oxygen atoms in total. The quantitative estimate of drug-likeness (QED) is 0.578. The topological polar surface area (TPSA) is 3.01 Å². The number of benzene rings is 1. The molecule has 1 aliphatic rings. The Balaban J connectivity index is 2.30. The van der Waals surface area contributed by atoms with Gasteiger partial charge in [-0.2, -0.15) is 0 Å². The normalized spacial score (nSPS) is 23.7. The molecule has 0 aliphatic carbocycles. The molecule has 2 rings (SSSR count). The monoisotopic (exact) mass is 274 g/mol. The molecule has 0 amide bonds. The summed E-state index contributed by atoms with van der Waals surface area (Å²) in [5.41, 5.74) is 1.49. The molecule has 1 heterocycles. The standard InChI is InChI=1S/C17H28NSi/c1-13(2)11-15-12-16(14-9-7-6-8-10-14)18(3)17(15)19(4)5/h6-10,13,15-16,19H,11-12H2,1-5H3/q+1. The Kier molecular flexibility index (Phi) is 4.61. The van der Waals surface area contributed by atoms with E-state index in [9.17, 15) is 0 Å². The Morgan fingerprint density at radius 3 is 2.37 bits per heavy atom. The smallest absolute Gasteiger partial charge is 0.177 e. The molecule has 2 atom stereocenters. The van der Waals surface area contributed by atoms with E-state index in [1.165, 1.54) is 18.4 Å². The lowest BCUT2D eigenvalue weighted by Gasteiger charge is -2.13. The predicted molar refractivity (Wildman–Crippen MR) is 86.8 cm³/mol. The summed E-state index contributed by atoms with van der Waals surface area (Å²) in [6, 6.07) is 11.6. The zero-order valence-electron chi connectivity index (χ0n) is 13.1. The highest BCUT2D eigenvalue weighted by Gasteiger charge is 2.40. The second-order valence-electron chi connectivity index (χ2n) is 6.68. The summed E-state index contributed by atoms with van der Waals surface area (Å²) in [4.78, 5) is 0. The van der Waals surface area contributed by atoms with E-state index in [1.807, 2.05) is 0 Å². The molecule has 0 saturated heterocycles. The minimum atomic E-state index is -0.717. The van der Waals surface area contributed by atoms with Gasteiger partial charge in [0.05, 0.1) is 0 Å². The van der Waals surface area contributed by atoms with Gasteiger partial charge >= 0.3 is 0 Å². The van der Waals surface area contributed by atoms with Gasteiger partial charge in [-0.3, -0.25) is 0 Å². The molecule has 2 unspecified atom stereocenters. The number of hydrogen-bond acceptors (Lipinski definition) is 0. The van der Waals surface area contributed by atoms with E-state index in [2.05, 4.69) is 68.9 Å². The highest BCUT2D eigenvalue weighted by atomic mass is 28.3. The van der Waals surface area contributed by atoms with Crippen molar-refractivity contribution in [3.05, 3.63) is 35.9 Å². The molecule has 0 N–H and O–H groups in total. The first-order chi connectivity index (χ1) is 9.00. The van der Waals surface area contributed by atoms with E-state index in [4.69, 9.17) is 0 Å². The van der Waals surface area contributed by atoms with Crippen molar-refractivity contribution in [2.45, 2.75) is 45.8 Å². The number of nitrogens with zero attached hydrogens (tertiary/aromatic N) is 1. The Morgan fingerprint density at radius 1 is 1.21 bits per heavy atom. The first kappa shape index (κ1) is 14.5. The molecule has 0 aromatic heterocycles. The number of rotatable bonds is 4. The molecule has 1 aromatic carbocycles. The molecular weight excluding hydrogens is 246 g/mol. The third-order valence-corrected chi connectivity index (χ3v) is 6.39. The first-order valence-corrected chi connectivity index (χ1v) is 10.5. The minimum Gasteiger partial charge on any atom is -0.238 e. The molecule has 0 saturated carbocycles. The van der Waals surface area contributed by atoms with Gasteiger partial charge < -0.3 is 0 Å². The summed E-state index contributed by atoms with van der Waals surface area (Å²) in [5.74, 6) is 1.62. The van der Waals surface area contributed by atoms with Crippen LogP contribution in [0.1, 0.15) is 38.3 Å². The molecule has 104 valence electrons. The van der Waals surface area contributed by atoms with Crippen LogP contribution in [0.3, 0.4) is 0 Å². The van der Waals surface area contributed by atoms with Crippen LogP contribution in [0.5, 0.6) is 0 Å². The van der Waals surface area contributed by atoms with Crippen LogP contribution in [-0.4, -0.2) is 25.8 Å². The van der Waals surface area contributed by atoms with Crippen LogP contribution in [0, 0.1) is 11.8 Å². The fourth-order valence-corrected chi connectivity index (χ4v) is 5.93. The van der Waals surface area contributed by atoms with Gasteiger partial charge in [-0.25, -0.2) is 4.58 Å². The van der Waals surface area contributed by atoms with Crippen molar-refractivity contribution in [1.82, 2.24) is 0 Å². The minimum absolute atomic E-state index is 0.606. The Labute approximate surface area is 120 Å². The second-order valence-corrected chi connectivity index (χ2v) is 9.58. The lowest BCUT2D eigenvalue weighted by Crippen LogP contribution is -2.30. The molecular formula is C17H28NSi+. The molecule has 19 heavy (non-hydrogen) atoms. The van der Waals surface area contributed by atoms with Crippen LogP contribution in [0.15, 0.2) is 30.3 Å². The maximum absolute atomic E-state index is 2.61. The summed E-state index contributed by atoms with van der Waals surface area (Å²) >= 11 is 0. The van der Waals surface area contributed by atoms with E-state index < -0.39 is 8.80 Å². The van der Waals surface area contributed by atoms with Gasteiger partial charge in [-0.05, 0) is 12.3 Å². The van der Waals surface area contributed by atoms with E-state index in [0.717, 1.165) is 11.8 Å². The lowest BCUT2D eigenvalue weighted by atomic mass is 9.92. The molecule has 1 aliphatic heterocycles. The fraction of sp³-hybridized carbons (Fsp3) is 0.588. The SMILES string of the molecule is CC(C)CC1CC(c2ccccc2)[N+](C)=C1[SiH](C)C. The summed E-state index contributed by atoms with van der Waals surface area (Å²) in [6.45, 7) is 9.67. The molecule has 2 heteroatoms. The summed E-state index contributed by atoms with van der Waals surface area (Å²) in [5, 5.41) is 1.79. The second kappa shape index (κ2) is 6.04. The van der Waals surface area contributed by atoms with Gasteiger partial charge in [0.1, 0.15) is 21.2 Å². The van der Waals surface area contributed by atoms with Crippen molar-refractivity contribution in [3.63, 3.8) is 0 Å².